The van der Waals surface area contributed by atoms with Crippen molar-refractivity contribution in [1.82, 2.24) is 5.32 Å². The van der Waals surface area contributed by atoms with Crippen molar-refractivity contribution in [3.05, 3.63) is 96.6 Å². The van der Waals surface area contributed by atoms with Gasteiger partial charge in [0.1, 0.15) is 17.5 Å². The SMILES string of the molecule is CCCCCCCCCCCC(CC(=O)NC(CCOP(=O)(Oc1ccccc1)Oc1ccccc1)C(=O)O)OCc1ccccc1. The van der Waals surface area contributed by atoms with Crippen LogP contribution in [-0.2, 0) is 30.0 Å². The summed E-state index contributed by atoms with van der Waals surface area (Å²) in [4.78, 5) is 25.2. The van der Waals surface area contributed by atoms with Crippen LogP contribution in [0.15, 0.2) is 91.0 Å². The normalized spacial score (nSPS) is 12.6. The molecule has 0 saturated heterocycles. The molecule has 0 aromatic heterocycles. The number of phosphoric ester groups is 1. The minimum Gasteiger partial charge on any atom is -0.480 e. The summed E-state index contributed by atoms with van der Waals surface area (Å²) in [5.41, 5.74) is 1.01. The van der Waals surface area contributed by atoms with Gasteiger partial charge in [-0.25, -0.2) is 9.36 Å². The lowest BCUT2D eigenvalue weighted by Gasteiger charge is -2.21. The van der Waals surface area contributed by atoms with Gasteiger partial charge in [-0.3, -0.25) is 9.32 Å². The number of hydrogen-bond acceptors (Lipinski definition) is 7. The number of aliphatic carboxylic acids is 1. The number of ether oxygens (including phenoxy) is 1. The first-order valence-corrected chi connectivity index (χ1v) is 18.2. The van der Waals surface area contributed by atoms with E-state index in [1.54, 1.807) is 60.7 Å². The molecular weight excluding hydrogens is 617 g/mol. The lowest BCUT2D eigenvalue weighted by molar-refractivity contribution is -0.142. The van der Waals surface area contributed by atoms with Gasteiger partial charge in [0.25, 0.3) is 0 Å². The summed E-state index contributed by atoms with van der Waals surface area (Å²) in [5, 5.41) is 12.5. The zero-order chi connectivity index (χ0) is 33.6. The van der Waals surface area contributed by atoms with E-state index in [4.69, 9.17) is 18.3 Å². The molecule has 0 radical (unpaired) electrons. The van der Waals surface area contributed by atoms with Crippen LogP contribution < -0.4 is 14.4 Å². The number of amides is 1. The Morgan fingerprint density at radius 3 is 1.77 bits per heavy atom. The summed E-state index contributed by atoms with van der Waals surface area (Å²) >= 11 is 0. The molecule has 0 aliphatic rings. The lowest BCUT2D eigenvalue weighted by Crippen LogP contribution is -2.42. The van der Waals surface area contributed by atoms with E-state index in [1.165, 1.54) is 38.5 Å². The van der Waals surface area contributed by atoms with E-state index in [9.17, 15) is 19.3 Å². The number of carboxylic acids is 1. The molecule has 47 heavy (non-hydrogen) atoms. The van der Waals surface area contributed by atoms with Gasteiger partial charge >= 0.3 is 13.8 Å². The minimum absolute atomic E-state index is 0.0290. The first kappa shape index (κ1) is 37.8. The van der Waals surface area contributed by atoms with Crippen LogP contribution in [0.2, 0.25) is 0 Å². The topological polar surface area (TPSA) is 120 Å². The summed E-state index contributed by atoms with van der Waals surface area (Å²) in [6.45, 7) is 2.28. The number of unbranched alkanes of at least 4 members (excludes halogenated alkanes) is 8. The van der Waals surface area contributed by atoms with E-state index in [0.717, 1.165) is 24.8 Å². The number of rotatable bonds is 25. The Kier molecular flexibility index (Phi) is 17.7. The quantitative estimate of drug-likeness (QED) is 0.0678. The zero-order valence-corrected chi connectivity index (χ0v) is 28.4. The molecular formula is C37H50NO8P. The predicted octanol–water partition coefficient (Wildman–Crippen LogP) is 9.13. The second-order valence-electron chi connectivity index (χ2n) is 11.6. The number of hydrogen-bond donors (Lipinski definition) is 2. The third kappa shape index (κ3) is 16.1. The Labute approximate surface area is 279 Å². The van der Waals surface area contributed by atoms with Crippen molar-refractivity contribution >= 4 is 19.7 Å². The zero-order valence-electron chi connectivity index (χ0n) is 27.5. The smallest absolute Gasteiger partial charge is 0.480 e. The molecule has 0 aliphatic carbocycles. The van der Waals surface area contributed by atoms with Gasteiger partial charge in [-0.2, -0.15) is 0 Å². The third-order valence-electron chi connectivity index (χ3n) is 7.58. The molecule has 0 saturated carbocycles. The molecule has 0 fully saturated rings. The van der Waals surface area contributed by atoms with Crippen LogP contribution in [0, 0.1) is 0 Å². The maximum Gasteiger partial charge on any atom is 0.587 e. The summed E-state index contributed by atoms with van der Waals surface area (Å²) in [7, 11) is -4.20. The fourth-order valence-corrected chi connectivity index (χ4v) is 6.24. The van der Waals surface area contributed by atoms with E-state index < -0.39 is 25.7 Å². The van der Waals surface area contributed by atoms with Crippen LogP contribution in [0.3, 0.4) is 0 Å². The molecule has 3 aromatic rings. The van der Waals surface area contributed by atoms with Crippen molar-refractivity contribution in [1.29, 1.82) is 0 Å². The summed E-state index contributed by atoms with van der Waals surface area (Å²) < 4.78 is 36.4. The number of carbonyl (C=O) groups excluding carboxylic acids is 1. The van der Waals surface area contributed by atoms with Crippen LogP contribution >= 0.6 is 7.82 Å². The molecule has 10 heteroatoms. The molecule has 9 nitrogen and oxygen atoms in total. The van der Waals surface area contributed by atoms with Crippen LogP contribution in [-0.4, -0.2) is 35.7 Å². The molecule has 0 spiro atoms. The maximum atomic E-state index is 13.6. The van der Waals surface area contributed by atoms with Crippen molar-refractivity contribution in [2.45, 2.75) is 103 Å². The predicted molar refractivity (Wildman–Crippen MR) is 183 cm³/mol. The fourth-order valence-electron chi connectivity index (χ4n) is 5.01. The Hall–Kier alpha value is -3.65. The van der Waals surface area contributed by atoms with E-state index in [1.807, 2.05) is 30.3 Å². The summed E-state index contributed by atoms with van der Waals surface area (Å²) in [6, 6.07) is 25.3. The van der Waals surface area contributed by atoms with Gasteiger partial charge in [0, 0.05) is 6.42 Å². The summed E-state index contributed by atoms with van der Waals surface area (Å²) in [5.74, 6) is -1.13. The first-order chi connectivity index (χ1) is 22.9. The number of carboxylic acid groups (broad SMARTS) is 1. The Balaban J connectivity index is 1.53. The molecule has 2 N–H and O–H groups in total. The van der Waals surface area contributed by atoms with Crippen LogP contribution in [0.4, 0.5) is 0 Å². The lowest BCUT2D eigenvalue weighted by atomic mass is 10.0. The maximum absolute atomic E-state index is 13.6. The Bertz CT molecular complexity index is 1280. The highest BCUT2D eigenvalue weighted by molar-refractivity contribution is 7.49. The van der Waals surface area contributed by atoms with E-state index >= 15 is 0 Å². The number of nitrogens with one attached hydrogen (secondary N) is 1. The molecule has 1 amide bonds. The Morgan fingerprint density at radius 1 is 0.723 bits per heavy atom. The van der Waals surface area contributed by atoms with E-state index in [2.05, 4.69) is 12.2 Å². The van der Waals surface area contributed by atoms with E-state index in [-0.39, 0.29) is 37.1 Å². The summed E-state index contributed by atoms with van der Waals surface area (Å²) in [6.07, 6.45) is 10.9. The highest BCUT2D eigenvalue weighted by Crippen LogP contribution is 2.49. The highest BCUT2D eigenvalue weighted by Gasteiger charge is 2.32. The molecule has 256 valence electrons. The average molecular weight is 668 g/mol. The van der Waals surface area contributed by atoms with Crippen LogP contribution in [0.25, 0.3) is 0 Å². The number of phosphoric acid groups is 1. The second-order valence-corrected chi connectivity index (χ2v) is 13.1. The first-order valence-electron chi connectivity index (χ1n) is 16.8. The number of para-hydroxylation sites is 2. The largest absolute Gasteiger partial charge is 0.587 e. The number of carbonyl (C=O) groups is 2. The van der Waals surface area contributed by atoms with Crippen LogP contribution in [0.1, 0.15) is 89.5 Å². The van der Waals surface area contributed by atoms with Gasteiger partial charge in [0.2, 0.25) is 5.91 Å². The molecule has 0 aliphatic heterocycles. The van der Waals surface area contributed by atoms with Gasteiger partial charge in [-0.1, -0.05) is 131 Å². The van der Waals surface area contributed by atoms with E-state index in [0.29, 0.717) is 13.0 Å². The molecule has 0 heterocycles. The van der Waals surface area contributed by atoms with Gasteiger partial charge in [-0.05, 0) is 36.2 Å². The van der Waals surface area contributed by atoms with Gasteiger partial charge < -0.3 is 24.2 Å². The molecule has 2 unspecified atom stereocenters. The minimum atomic E-state index is -4.20. The van der Waals surface area contributed by atoms with Crippen molar-refractivity contribution in [2.24, 2.45) is 0 Å². The Morgan fingerprint density at radius 2 is 1.23 bits per heavy atom. The molecule has 3 rings (SSSR count). The van der Waals surface area contributed by atoms with Crippen LogP contribution in [0.5, 0.6) is 11.5 Å². The van der Waals surface area contributed by atoms with Gasteiger partial charge in [-0.15, -0.1) is 0 Å². The molecule has 2 atom stereocenters. The van der Waals surface area contributed by atoms with Crippen molar-refractivity contribution in [3.63, 3.8) is 0 Å². The molecule has 0 bridgehead atoms. The third-order valence-corrected chi connectivity index (χ3v) is 8.95. The highest BCUT2D eigenvalue weighted by atomic mass is 31.2. The number of benzene rings is 3. The van der Waals surface area contributed by atoms with Gasteiger partial charge in [0.05, 0.1) is 25.7 Å². The second kappa shape index (κ2) is 22.0. The fraction of sp³-hybridized carbons (Fsp3) is 0.459. The van der Waals surface area contributed by atoms with Crippen molar-refractivity contribution in [3.8, 4) is 11.5 Å². The van der Waals surface area contributed by atoms with Crippen molar-refractivity contribution in [2.75, 3.05) is 6.61 Å². The molecule has 3 aromatic carbocycles. The van der Waals surface area contributed by atoms with Crippen molar-refractivity contribution < 1.29 is 37.6 Å². The average Bonchev–Trinajstić information content (AvgIpc) is 3.07. The standard InChI is InChI=1S/C37H50NO8P/c1-2-3-4-5-6-7-8-9-15-26-34(43-30-31-20-13-10-14-21-31)29-36(39)38-35(37(40)41)27-28-44-47(42,45-32-22-16-11-17-23-32)46-33-24-18-12-19-25-33/h10-14,16-25,34-35H,2-9,15,26-30H2,1H3,(H,38,39)(H,40,41). The van der Waals surface area contributed by atoms with Gasteiger partial charge in [0.15, 0.2) is 0 Å². The monoisotopic (exact) mass is 667 g/mol.